The number of hydrogen-bond acceptors (Lipinski definition) is 10. The van der Waals surface area contributed by atoms with E-state index in [1.807, 2.05) is 12.1 Å². The number of phenols is 1. The lowest BCUT2D eigenvalue weighted by atomic mass is 9.84. The van der Waals surface area contributed by atoms with E-state index in [0.29, 0.717) is 53.3 Å². The largest absolute Gasteiger partial charge is 0.506 e. The van der Waals surface area contributed by atoms with Gasteiger partial charge < -0.3 is 39.7 Å². The molecule has 0 spiro atoms. The molecule has 4 aromatic carbocycles. The molecule has 3 saturated heterocycles. The third kappa shape index (κ3) is 10.7. The molecule has 1 amide bonds. The van der Waals surface area contributed by atoms with E-state index in [0.717, 1.165) is 62.7 Å². The molecule has 4 heterocycles. The van der Waals surface area contributed by atoms with Gasteiger partial charge in [-0.05, 0) is 135 Å². The summed E-state index contributed by atoms with van der Waals surface area (Å²) in [5.41, 5.74) is 0.564. The number of hydrogen-bond donors (Lipinski definition) is 5. The van der Waals surface area contributed by atoms with Gasteiger partial charge in [-0.25, -0.2) is 4.79 Å². The van der Waals surface area contributed by atoms with Crippen LogP contribution in [-0.4, -0.2) is 85.7 Å². The number of anilines is 1. The molecule has 3 unspecified atom stereocenters. The number of aromatic amines is 1. The summed E-state index contributed by atoms with van der Waals surface area (Å²) >= 11 is 0. The second-order valence-corrected chi connectivity index (χ2v) is 23.2. The van der Waals surface area contributed by atoms with Gasteiger partial charge in [0, 0.05) is 41.4 Å². The fourth-order valence-corrected chi connectivity index (χ4v) is 9.59. The van der Waals surface area contributed by atoms with Gasteiger partial charge in [0.15, 0.2) is 8.32 Å². The van der Waals surface area contributed by atoms with Crippen LogP contribution in [0.5, 0.6) is 11.5 Å². The number of aromatic nitrogens is 1. The monoisotopic (exact) mass is 874 g/mol. The molecule has 3 fully saturated rings. The predicted molar refractivity (Wildman–Crippen MR) is 249 cm³/mol. The Morgan fingerprint density at radius 1 is 0.889 bits per heavy atom. The van der Waals surface area contributed by atoms with Crippen molar-refractivity contribution in [1.82, 2.24) is 15.2 Å². The number of aliphatic hydroxyl groups is 1. The highest BCUT2D eigenvalue weighted by Gasteiger charge is 2.46. The summed E-state index contributed by atoms with van der Waals surface area (Å²) in [6.07, 6.45) is 4.13. The molecule has 1 aromatic heterocycles. The number of pyridine rings is 1. The van der Waals surface area contributed by atoms with Crippen molar-refractivity contribution in [3.8, 4) is 11.5 Å². The minimum atomic E-state index is -2.18. The van der Waals surface area contributed by atoms with Crippen molar-refractivity contribution < 1.29 is 33.7 Å². The van der Waals surface area contributed by atoms with E-state index >= 15 is 0 Å². The molecule has 0 saturated carbocycles. The van der Waals surface area contributed by atoms with Gasteiger partial charge in [0.05, 0.1) is 18.2 Å². The zero-order valence-corrected chi connectivity index (χ0v) is 38.1. The van der Waals surface area contributed by atoms with Crippen LogP contribution in [0.3, 0.4) is 0 Å². The molecule has 12 nitrogen and oxygen atoms in total. The molecule has 3 aliphatic rings. The molecule has 3 aliphatic heterocycles. The molecule has 3 atom stereocenters. The normalized spacial score (nSPS) is 19.0. The van der Waals surface area contributed by atoms with Crippen molar-refractivity contribution in [2.24, 2.45) is 5.92 Å². The maximum absolute atomic E-state index is 13.9. The van der Waals surface area contributed by atoms with Crippen LogP contribution in [-0.2, 0) is 19.6 Å². The second-order valence-electron chi connectivity index (χ2n) is 18.5. The average molecular weight is 875 g/mol. The van der Waals surface area contributed by atoms with Crippen LogP contribution in [0.15, 0.2) is 108 Å². The van der Waals surface area contributed by atoms with Crippen LogP contribution in [0.4, 0.5) is 5.69 Å². The van der Waals surface area contributed by atoms with Gasteiger partial charge in [0.25, 0.3) is 5.91 Å². The first kappa shape index (κ1) is 45.7. The van der Waals surface area contributed by atoms with Gasteiger partial charge in [-0.1, -0.05) is 69.3 Å². The third-order valence-corrected chi connectivity index (χ3v) is 17.6. The quantitative estimate of drug-likeness (QED) is 0.0329. The summed E-state index contributed by atoms with van der Waals surface area (Å²) in [6, 6.07) is 29.2. The average Bonchev–Trinajstić information content (AvgIpc) is 3.27. The highest BCUT2D eigenvalue weighted by atomic mass is 28.4. The zero-order chi connectivity index (χ0) is 44.8. The minimum absolute atomic E-state index is 0.00382. The number of phenolic OH excluding ortho intramolecular Hbond substituents is 1. The number of rotatable bonds is 18. The summed E-state index contributed by atoms with van der Waals surface area (Å²) in [4.78, 5) is 44.4. The van der Waals surface area contributed by atoms with Crippen LogP contribution in [0.2, 0.25) is 18.1 Å². The van der Waals surface area contributed by atoms with Crippen LogP contribution >= 0.6 is 0 Å². The van der Waals surface area contributed by atoms with Gasteiger partial charge >= 0.3 is 5.97 Å². The Bertz CT molecular complexity index is 2410. The highest BCUT2D eigenvalue weighted by molar-refractivity contribution is 6.74. The van der Waals surface area contributed by atoms with Crippen molar-refractivity contribution in [2.45, 2.75) is 88.8 Å². The Kier molecular flexibility index (Phi) is 14.2. The molecule has 63 heavy (non-hydrogen) atoms. The topological polar surface area (TPSA) is 162 Å². The van der Waals surface area contributed by atoms with Gasteiger partial charge in [0.2, 0.25) is 11.2 Å². The number of carbonyl (C=O) groups is 2. The third-order valence-electron chi connectivity index (χ3n) is 13.1. The molecule has 0 radical (unpaired) electrons. The minimum Gasteiger partial charge on any atom is -0.506 e. The number of unbranched alkanes of at least 4 members (excludes halogenated alkanes) is 2. The number of aromatic hydroxyl groups is 1. The van der Waals surface area contributed by atoms with Crippen molar-refractivity contribution in [1.29, 1.82) is 0 Å². The molecular weight excluding hydrogens is 813 g/mol. The number of fused-ring (bicyclic) bond motifs is 4. The molecule has 0 aliphatic carbocycles. The lowest BCUT2D eigenvalue weighted by Gasteiger charge is -2.44. The van der Waals surface area contributed by atoms with Gasteiger partial charge in [-0.3, -0.25) is 14.5 Å². The maximum Gasteiger partial charge on any atom is 0.348 e. The predicted octanol–water partition coefficient (Wildman–Crippen LogP) is 8.26. The molecule has 13 heteroatoms. The second kappa shape index (κ2) is 19.6. The highest BCUT2D eigenvalue weighted by Crippen LogP contribution is 2.41. The number of benzene rings is 4. The first-order valence-corrected chi connectivity index (χ1v) is 25.1. The number of ether oxygens (including phenoxy) is 2. The molecule has 5 N–H and O–H groups in total. The van der Waals surface area contributed by atoms with E-state index in [-0.39, 0.29) is 40.4 Å². The fourth-order valence-electron chi connectivity index (χ4n) is 8.32. The number of H-pyrrole nitrogens is 1. The SMILES string of the molecule is CC(C)(C)[Si](C)(C)OC(CNCCCCCOc1ccc(C(=O)Nc2cccc(C(O)(C(=O)OC3CN4CCC3CC4)c3ccccc3)c2)cc1)c1ccc(O)c2[nH]c(=O)ccc12. The summed E-state index contributed by atoms with van der Waals surface area (Å²) in [5, 5.41) is 30.0. The van der Waals surface area contributed by atoms with Crippen LogP contribution < -0.4 is 20.9 Å². The Morgan fingerprint density at radius 2 is 1.62 bits per heavy atom. The molecule has 5 aromatic rings. The molecule has 334 valence electrons. The summed E-state index contributed by atoms with van der Waals surface area (Å²) in [5.74, 6) is -0.0854. The number of piperidine rings is 3. The number of amides is 1. The van der Waals surface area contributed by atoms with Gasteiger partial charge in [-0.15, -0.1) is 0 Å². The van der Waals surface area contributed by atoms with Crippen molar-refractivity contribution in [3.63, 3.8) is 0 Å². The summed E-state index contributed by atoms with van der Waals surface area (Å²) < 4.78 is 19.0. The maximum atomic E-state index is 13.9. The number of nitrogens with zero attached hydrogens (tertiary/aromatic N) is 1. The van der Waals surface area contributed by atoms with E-state index in [9.17, 15) is 24.6 Å². The van der Waals surface area contributed by atoms with E-state index in [4.69, 9.17) is 13.9 Å². The van der Waals surface area contributed by atoms with Gasteiger partial charge in [-0.2, -0.15) is 0 Å². The van der Waals surface area contributed by atoms with Crippen LogP contribution in [0.1, 0.15) is 86.0 Å². The number of nitrogens with one attached hydrogen (secondary N) is 3. The molecule has 2 bridgehead atoms. The Hall–Kier alpha value is -5.31. The zero-order valence-electron chi connectivity index (χ0n) is 37.1. The number of esters is 1. The van der Waals surface area contributed by atoms with Crippen LogP contribution in [0, 0.1) is 5.92 Å². The van der Waals surface area contributed by atoms with Crippen molar-refractivity contribution in [3.05, 3.63) is 136 Å². The first-order chi connectivity index (χ1) is 30.1. The Balaban J connectivity index is 0.892. The van der Waals surface area contributed by atoms with Gasteiger partial charge in [0.1, 0.15) is 17.6 Å². The Labute approximate surface area is 371 Å². The lowest BCUT2D eigenvalue weighted by Crippen LogP contribution is -2.53. The Morgan fingerprint density at radius 3 is 2.32 bits per heavy atom. The van der Waals surface area contributed by atoms with Crippen molar-refractivity contribution in [2.75, 3.05) is 44.6 Å². The van der Waals surface area contributed by atoms with E-state index in [1.54, 1.807) is 84.9 Å². The van der Waals surface area contributed by atoms with Crippen LogP contribution in [0.25, 0.3) is 10.9 Å². The van der Waals surface area contributed by atoms with E-state index < -0.39 is 19.9 Å². The van der Waals surface area contributed by atoms with E-state index in [1.165, 1.54) is 6.07 Å². The molecule has 8 rings (SSSR count). The molecular formula is C50H62N4O8Si. The number of carbonyl (C=O) groups excluding carboxylic acids is 2. The van der Waals surface area contributed by atoms with Crippen molar-refractivity contribution >= 4 is 36.8 Å². The summed E-state index contributed by atoms with van der Waals surface area (Å²) in [6.45, 7) is 15.6. The standard InChI is InChI=1S/C50H62N4O8Si/c1-49(2,3)63(4,5)62-43(40-21-23-42(55)46-41(40)22-24-45(56)53-46)32-51-27-10-7-11-30-60-39-19-17-35(18-20-39)47(57)52-38-16-12-15-37(31-38)50(59,36-13-8-6-9-14-36)48(58)61-44-33-54-28-25-34(44)26-29-54/h6,8-9,12-24,31,34,43-44,51,55,59H,7,10-11,25-30,32-33H2,1-5H3,(H,52,57)(H,53,56). The fraction of sp³-hybridized carbons (Fsp3) is 0.420. The van der Waals surface area contributed by atoms with E-state index in [2.05, 4.69) is 54.4 Å². The first-order valence-electron chi connectivity index (χ1n) is 22.2. The summed E-state index contributed by atoms with van der Waals surface area (Å²) in [7, 11) is -2.18. The smallest absolute Gasteiger partial charge is 0.348 e. The lowest BCUT2D eigenvalue weighted by molar-refractivity contribution is -0.177.